The van der Waals surface area contributed by atoms with Crippen LogP contribution in [0.15, 0.2) is 30.6 Å². The van der Waals surface area contributed by atoms with Crippen LogP contribution in [0.1, 0.15) is 36.9 Å². The van der Waals surface area contributed by atoms with Gasteiger partial charge in [0, 0.05) is 30.4 Å². The summed E-state index contributed by atoms with van der Waals surface area (Å²) in [5.41, 5.74) is 2.54. The molecule has 1 atom stereocenters. The summed E-state index contributed by atoms with van der Waals surface area (Å²) in [4.78, 5) is 24.1. The molecule has 0 saturated carbocycles. The molecular formula is C22H26N4O3. The quantitative estimate of drug-likeness (QED) is 0.861. The van der Waals surface area contributed by atoms with Crippen molar-refractivity contribution in [2.75, 3.05) is 24.6 Å². The lowest BCUT2D eigenvalue weighted by atomic mass is 9.95. The second kappa shape index (κ2) is 7.89. The van der Waals surface area contributed by atoms with Gasteiger partial charge >= 0.3 is 0 Å². The number of amides is 1. The van der Waals surface area contributed by atoms with Gasteiger partial charge in [0.1, 0.15) is 18.8 Å². The third-order valence-corrected chi connectivity index (χ3v) is 6.04. The molecule has 29 heavy (non-hydrogen) atoms. The number of hydrogen-bond donors (Lipinski definition) is 1. The topological polar surface area (TPSA) is 76.6 Å². The summed E-state index contributed by atoms with van der Waals surface area (Å²) in [5, 5.41) is 3.15. The predicted octanol–water partition coefficient (Wildman–Crippen LogP) is 2.28. The molecule has 0 bridgehead atoms. The molecule has 1 aromatic heterocycles. The van der Waals surface area contributed by atoms with Crippen LogP contribution >= 0.6 is 0 Å². The van der Waals surface area contributed by atoms with Crippen molar-refractivity contribution in [2.24, 2.45) is 0 Å². The SMILES string of the molecule is O=C(NC1CCN(c2ncnc3c2CCCC3)CC1)C1COc2ccccc2O1. The Morgan fingerprint density at radius 3 is 2.72 bits per heavy atom. The Kier molecular flexibility index (Phi) is 4.96. The Bertz CT molecular complexity index is 895. The molecule has 1 fully saturated rings. The molecule has 1 saturated heterocycles. The minimum atomic E-state index is -0.600. The van der Waals surface area contributed by atoms with Gasteiger partial charge in [-0.25, -0.2) is 9.97 Å². The zero-order chi connectivity index (χ0) is 19.6. The maximum atomic E-state index is 12.7. The van der Waals surface area contributed by atoms with Crippen LogP contribution in [0.4, 0.5) is 5.82 Å². The Morgan fingerprint density at radius 1 is 1.07 bits per heavy atom. The molecule has 0 radical (unpaired) electrons. The first-order valence-electron chi connectivity index (χ1n) is 10.5. The van der Waals surface area contributed by atoms with Crippen LogP contribution in [-0.4, -0.2) is 47.7 Å². The number of rotatable bonds is 3. The maximum Gasteiger partial charge on any atom is 0.264 e. The van der Waals surface area contributed by atoms with Gasteiger partial charge in [-0.15, -0.1) is 0 Å². The van der Waals surface area contributed by atoms with E-state index in [0.717, 1.165) is 44.6 Å². The van der Waals surface area contributed by atoms with Gasteiger partial charge in [0.25, 0.3) is 5.91 Å². The van der Waals surface area contributed by atoms with E-state index in [1.807, 2.05) is 24.3 Å². The molecule has 7 heteroatoms. The fraction of sp³-hybridized carbons (Fsp3) is 0.500. The van der Waals surface area contributed by atoms with Crippen molar-refractivity contribution in [3.8, 4) is 11.5 Å². The van der Waals surface area contributed by atoms with Crippen molar-refractivity contribution in [1.82, 2.24) is 15.3 Å². The van der Waals surface area contributed by atoms with Gasteiger partial charge in [-0.2, -0.15) is 0 Å². The lowest BCUT2D eigenvalue weighted by Gasteiger charge is -2.35. The van der Waals surface area contributed by atoms with E-state index in [-0.39, 0.29) is 18.6 Å². The molecule has 3 aliphatic rings. The highest BCUT2D eigenvalue weighted by Gasteiger charge is 2.30. The number of piperidine rings is 1. The van der Waals surface area contributed by atoms with E-state index in [1.54, 1.807) is 6.33 Å². The second-order valence-corrected chi connectivity index (χ2v) is 7.96. The van der Waals surface area contributed by atoms with Crippen molar-refractivity contribution in [3.05, 3.63) is 41.9 Å². The standard InChI is InChI=1S/C22H26N4O3/c27-22(20-13-28-18-7-3-4-8-19(18)29-20)25-15-9-11-26(12-10-15)21-16-5-1-2-6-17(16)23-14-24-21/h3-4,7-8,14-15,20H,1-2,5-6,9-13H2,(H,25,27). The van der Waals surface area contributed by atoms with Crippen LogP contribution in [0.3, 0.4) is 0 Å². The van der Waals surface area contributed by atoms with E-state index in [1.165, 1.54) is 24.1 Å². The third kappa shape index (κ3) is 3.73. The Balaban J connectivity index is 1.17. The van der Waals surface area contributed by atoms with Gasteiger partial charge in [0.05, 0.1) is 0 Å². The number of fused-ring (bicyclic) bond motifs is 2. The molecule has 1 N–H and O–H groups in total. The maximum absolute atomic E-state index is 12.7. The van der Waals surface area contributed by atoms with Crippen molar-refractivity contribution in [3.63, 3.8) is 0 Å². The Labute approximate surface area is 170 Å². The first kappa shape index (κ1) is 18.2. The molecule has 1 aromatic carbocycles. The molecule has 1 amide bonds. The molecule has 3 heterocycles. The molecule has 2 aromatic rings. The van der Waals surface area contributed by atoms with Gasteiger partial charge < -0.3 is 19.7 Å². The predicted molar refractivity (Wildman–Crippen MR) is 108 cm³/mol. The second-order valence-electron chi connectivity index (χ2n) is 7.96. The molecule has 7 nitrogen and oxygen atoms in total. The Morgan fingerprint density at radius 2 is 1.86 bits per heavy atom. The molecule has 0 spiro atoms. The molecular weight excluding hydrogens is 368 g/mol. The highest BCUT2D eigenvalue weighted by Crippen LogP contribution is 2.31. The average Bonchev–Trinajstić information content (AvgIpc) is 2.79. The summed E-state index contributed by atoms with van der Waals surface area (Å²) in [6.45, 7) is 2.02. The number of nitrogens with one attached hydrogen (secondary N) is 1. The van der Waals surface area contributed by atoms with E-state index in [9.17, 15) is 4.79 Å². The molecule has 152 valence electrons. The zero-order valence-corrected chi connectivity index (χ0v) is 16.5. The summed E-state index contributed by atoms with van der Waals surface area (Å²) in [6, 6.07) is 7.60. The largest absolute Gasteiger partial charge is 0.485 e. The average molecular weight is 394 g/mol. The fourth-order valence-electron chi connectivity index (χ4n) is 4.45. The summed E-state index contributed by atoms with van der Waals surface area (Å²) in [5.74, 6) is 2.32. The number of anilines is 1. The number of carbonyl (C=O) groups is 1. The number of para-hydroxylation sites is 2. The van der Waals surface area contributed by atoms with Crippen LogP contribution in [0.2, 0.25) is 0 Å². The van der Waals surface area contributed by atoms with Crippen molar-refractivity contribution in [1.29, 1.82) is 0 Å². The minimum absolute atomic E-state index is 0.0997. The number of nitrogens with zero attached hydrogens (tertiary/aromatic N) is 3. The van der Waals surface area contributed by atoms with E-state index in [4.69, 9.17) is 9.47 Å². The van der Waals surface area contributed by atoms with Gasteiger partial charge in [-0.1, -0.05) is 12.1 Å². The number of hydrogen-bond acceptors (Lipinski definition) is 6. The first-order valence-corrected chi connectivity index (χ1v) is 10.5. The lowest BCUT2D eigenvalue weighted by Crippen LogP contribution is -2.51. The molecule has 2 aliphatic heterocycles. The van der Waals surface area contributed by atoms with Gasteiger partial charge in [0.15, 0.2) is 11.5 Å². The highest BCUT2D eigenvalue weighted by molar-refractivity contribution is 5.82. The van der Waals surface area contributed by atoms with Gasteiger partial charge in [-0.05, 0) is 50.7 Å². The number of benzene rings is 1. The number of ether oxygens (including phenoxy) is 2. The smallest absolute Gasteiger partial charge is 0.264 e. The highest BCUT2D eigenvalue weighted by atomic mass is 16.6. The van der Waals surface area contributed by atoms with Crippen LogP contribution in [0.25, 0.3) is 0 Å². The first-order chi connectivity index (χ1) is 14.3. The summed E-state index contributed by atoms with van der Waals surface area (Å²) in [6.07, 6.45) is 7.46. The number of carbonyl (C=O) groups excluding carboxylic acids is 1. The number of aryl methyl sites for hydroxylation is 1. The zero-order valence-electron chi connectivity index (χ0n) is 16.5. The van der Waals surface area contributed by atoms with Crippen LogP contribution in [-0.2, 0) is 17.6 Å². The van der Waals surface area contributed by atoms with Crippen LogP contribution in [0, 0.1) is 0 Å². The van der Waals surface area contributed by atoms with Crippen molar-refractivity contribution < 1.29 is 14.3 Å². The van der Waals surface area contributed by atoms with Crippen molar-refractivity contribution in [2.45, 2.75) is 50.7 Å². The van der Waals surface area contributed by atoms with Crippen LogP contribution < -0.4 is 19.7 Å². The van der Waals surface area contributed by atoms with Crippen LogP contribution in [0.5, 0.6) is 11.5 Å². The Hall–Kier alpha value is -2.83. The molecule has 1 aliphatic carbocycles. The van der Waals surface area contributed by atoms with E-state index >= 15 is 0 Å². The molecule has 5 rings (SSSR count). The molecule has 1 unspecified atom stereocenters. The van der Waals surface area contributed by atoms with E-state index in [2.05, 4.69) is 20.2 Å². The van der Waals surface area contributed by atoms with Gasteiger partial charge in [-0.3, -0.25) is 4.79 Å². The fourth-order valence-corrected chi connectivity index (χ4v) is 4.45. The van der Waals surface area contributed by atoms with E-state index < -0.39 is 6.10 Å². The number of aromatic nitrogens is 2. The normalized spacial score (nSPS) is 21.4. The minimum Gasteiger partial charge on any atom is -0.485 e. The van der Waals surface area contributed by atoms with Crippen molar-refractivity contribution >= 4 is 11.7 Å². The summed E-state index contributed by atoms with van der Waals surface area (Å²) < 4.78 is 11.5. The lowest BCUT2D eigenvalue weighted by molar-refractivity contribution is -0.131. The summed E-state index contributed by atoms with van der Waals surface area (Å²) >= 11 is 0. The van der Waals surface area contributed by atoms with Gasteiger partial charge in [0.2, 0.25) is 6.10 Å². The summed E-state index contributed by atoms with van der Waals surface area (Å²) in [7, 11) is 0. The van der Waals surface area contributed by atoms with E-state index in [0.29, 0.717) is 11.5 Å². The third-order valence-electron chi connectivity index (χ3n) is 6.04. The monoisotopic (exact) mass is 394 g/mol.